The first-order valence-electron chi connectivity index (χ1n) is 10.5. The molecule has 0 aliphatic heterocycles. The molecule has 0 amide bonds. The molecule has 0 saturated heterocycles. The zero-order valence-corrected chi connectivity index (χ0v) is 19.1. The number of ketones is 1. The Labute approximate surface area is 197 Å². The summed E-state index contributed by atoms with van der Waals surface area (Å²) >= 11 is 1.46. The second kappa shape index (κ2) is 7.89. The van der Waals surface area contributed by atoms with Crippen molar-refractivity contribution in [3.8, 4) is 38.8 Å². The summed E-state index contributed by atoms with van der Waals surface area (Å²) in [5.74, 6) is 1.37. The van der Waals surface area contributed by atoms with E-state index in [2.05, 4.69) is 31.2 Å². The lowest BCUT2D eigenvalue weighted by Crippen LogP contribution is -1.86. The number of hydrogen-bond acceptors (Lipinski definition) is 7. The van der Waals surface area contributed by atoms with Gasteiger partial charge >= 0.3 is 0 Å². The molecule has 0 bridgehead atoms. The molecule has 0 atom stereocenters. The van der Waals surface area contributed by atoms with Crippen LogP contribution in [0.3, 0.4) is 0 Å². The van der Waals surface area contributed by atoms with Gasteiger partial charge in [0.15, 0.2) is 17.3 Å². The number of thiophene rings is 1. The monoisotopic (exact) mass is 466 g/mol. The number of aromatic amines is 2. The number of aromatic nitrogens is 6. The van der Waals surface area contributed by atoms with Crippen molar-refractivity contribution >= 4 is 39.2 Å². The van der Waals surface area contributed by atoms with Crippen molar-refractivity contribution < 1.29 is 9.53 Å². The van der Waals surface area contributed by atoms with Crippen LogP contribution in [0.4, 0.5) is 0 Å². The van der Waals surface area contributed by atoms with Gasteiger partial charge in [-0.2, -0.15) is 5.10 Å². The summed E-state index contributed by atoms with van der Waals surface area (Å²) in [6.45, 7) is 1.57. The van der Waals surface area contributed by atoms with Crippen LogP contribution in [0.25, 0.3) is 55.2 Å². The summed E-state index contributed by atoms with van der Waals surface area (Å²) in [5.41, 5.74) is 5.88. The molecule has 2 N–H and O–H groups in total. The van der Waals surface area contributed by atoms with Gasteiger partial charge in [0.1, 0.15) is 11.4 Å². The van der Waals surface area contributed by atoms with Crippen LogP contribution in [-0.2, 0) is 0 Å². The van der Waals surface area contributed by atoms with E-state index in [9.17, 15) is 4.79 Å². The van der Waals surface area contributed by atoms with Crippen LogP contribution in [0.5, 0.6) is 5.75 Å². The molecule has 6 rings (SSSR count). The quantitative estimate of drug-likeness (QED) is 0.325. The maximum atomic E-state index is 11.8. The van der Waals surface area contributed by atoms with E-state index in [0.717, 1.165) is 42.9 Å². The molecule has 166 valence electrons. The number of imidazole rings is 1. The van der Waals surface area contributed by atoms with Crippen molar-refractivity contribution in [1.82, 2.24) is 30.1 Å². The lowest BCUT2D eigenvalue weighted by atomic mass is 10.0. The van der Waals surface area contributed by atoms with Gasteiger partial charge in [-0.15, -0.1) is 11.3 Å². The Morgan fingerprint density at radius 1 is 1.06 bits per heavy atom. The predicted molar refractivity (Wildman–Crippen MR) is 132 cm³/mol. The largest absolute Gasteiger partial charge is 0.495 e. The summed E-state index contributed by atoms with van der Waals surface area (Å²) in [6, 6.07) is 13.7. The number of carbonyl (C=O) groups is 1. The minimum atomic E-state index is 0.0527. The Balaban J connectivity index is 1.47. The van der Waals surface area contributed by atoms with Crippen molar-refractivity contribution in [1.29, 1.82) is 0 Å². The number of H-pyrrole nitrogens is 2. The fraction of sp³-hybridized carbons (Fsp3) is 0.0800. The van der Waals surface area contributed by atoms with E-state index in [1.807, 2.05) is 36.4 Å². The fourth-order valence-electron chi connectivity index (χ4n) is 3.96. The molecular weight excluding hydrogens is 448 g/mol. The van der Waals surface area contributed by atoms with Crippen molar-refractivity contribution in [2.24, 2.45) is 0 Å². The number of pyridine rings is 2. The molecule has 0 unspecified atom stereocenters. The third kappa shape index (κ3) is 3.34. The lowest BCUT2D eigenvalue weighted by molar-refractivity contribution is 0.102. The zero-order valence-electron chi connectivity index (χ0n) is 18.3. The highest BCUT2D eigenvalue weighted by Gasteiger charge is 2.17. The Kier molecular flexibility index (Phi) is 4.70. The smallest absolute Gasteiger partial charge is 0.178 e. The van der Waals surface area contributed by atoms with E-state index < -0.39 is 0 Å². The molecule has 5 aromatic heterocycles. The Morgan fingerprint density at radius 3 is 2.79 bits per heavy atom. The number of ether oxygens (including phenoxy) is 1. The van der Waals surface area contributed by atoms with E-state index in [0.29, 0.717) is 22.9 Å². The second-order valence-corrected chi connectivity index (χ2v) is 8.89. The topological polar surface area (TPSA) is 109 Å². The number of fused-ring (bicyclic) bond motifs is 2. The molecule has 0 radical (unpaired) electrons. The van der Waals surface area contributed by atoms with Crippen LogP contribution >= 0.6 is 11.3 Å². The highest BCUT2D eigenvalue weighted by atomic mass is 32.1. The number of methoxy groups -OCH3 is 1. The molecular formula is C25H18N6O2S. The molecule has 0 spiro atoms. The molecule has 0 fully saturated rings. The second-order valence-electron chi connectivity index (χ2n) is 7.81. The summed E-state index contributed by atoms with van der Waals surface area (Å²) in [5, 5.41) is 8.55. The first-order valence-corrected chi connectivity index (χ1v) is 11.4. The minimum Gasteiger partial charge on any atom is -0.495 e. The van der Waals surface area contributed by atoms with Gasteiger partial charge in [-0.05, 0) is 48.9 Å². The molecule has 34 heavy (non-hydrogen) atoms. The van der Waals surface area contributed by atoms with Gasteiger partial charge in [-0.1, -0.05) is 6.07 Å². The van der Waals surface area contributed by atoms with Crippen molar-refractivity contribution in [2.45, 2.75) is 6.92 Å². The van der Waals surface area contributed by atoms with Crippen molar-refractivity contribution in [3.63, 3.8) is 0 Å². The van der Waals surface area contributed by atoms with Crippen LogP contribution in [-0.4, -0.2) is 43.0 Å². The summed E-state index contributed by atoms with van der Waals surface area (Å²) in [4.78, 5) is 30.3. The molecule has 0 saturated carbocycles. The third-order valence-electron chi connectivity index (χ3n) is 5.68. The molecule has 1 aromatic carbocycles. The van der Waals surface area contributed by atoms with Gasteiger partial charge in [-0.25, -0.2) is 9.97 Å². The lowest BCUT2D eigenvalue weighted by Gasteiger charge is -2.04. The number of benzene rings is 1. The first-order chi connectivity index (χ1) is 16.6. The van der Waals surface area contributed by atoms with Gasteiger partial charge in [0, 0.05) is 33.8 Å². The molecule has 9 heteroatoms. The maximum Gasteiger partial charge on any atom is 0.178 e. The average Bonchev–Trinajstić information content (AvgIpc) is 3.61. The molecule has 0 aliphatic carbocycles. The highest BCUT2D eigenvalue weighted by Crippen LogP contribution is 2.35. The third-order valence-corrected chi connectivity index (χ3v) is 6.90. The molecule has 5 heterocycles. The normalized spacial score (nSPS) is 11.4. The standard InChI is InChI=1S/C25H18N6O2S/c1-13(32)20-5-6-21(34-20)17-7-8-27-24-22(17)28-25(29-24)23-18-10-14(3-4-19(18)30-31-23)15-9-16(33-2)12-26-11-15/h3-12H,1-2H3,(H,30,31)(H,27,28,29). The SMILES string of the molecule is COc1cncc(-c2ccc3[nH]nc(-c4nc5nccc(-c6ccc(C(C)=O)s6)c5[nH]4)c3c2)c1. The van der Waals surface area contributed by atoms with E-state index in [-0.39, 0.29) is 5.78 Å². The zero-order chi connectivity index (χ0) is 23.2. The van der Waals surface area contributed by atoms with E-state index >= 15 is 0 Å². The molecule has 8 nitrogen and oxygen atoms in total. The van der Waals surface area contributed by atoms with E-state index in [4.69, 9.17) is 9.72 Å². The number of Topliss-reactive ketones (excluding diaryl/α,β-unsaturated/α-hetero) is 1. The number of carbonyl (C=O) groups excluding carboxylic acids is 1. The predicted octanol–water partition coefficient (Wildman–Crippen LogP) is 5.50. The number of rotatable bonds is 5. The summed E-state index contributed by atoms with van der Waals surface area (Å²) < 4.78 is 5.32. The Hall–Kier alpha value is -4.37. The van der Waals surface area contributed by atoms with Crippen LogP contribution in [0.2, 0.25) is 0 Å². The van der Waals surface area contributed by atoms with Gasteiger partial charge in [0.2, 0.25) is 0 Å². The van der Waals surface area contributed by atoms with Gasteiger partial charge in [-0.3, -0.25) is 14.9 Å². The first kappa shape index (κ1) is 20.3. The van der Waals surface area contributed by atoms with Gasteiger partial charge in [0.25, 0.3) is 0 Å². The van der Waals surface area contributed by atoms with Gasteiger partial charge < -0.3 is 9.72 Å². The summed E-state index contributed by atoms with van der Waals surface area (Å²) in [7, 11) is 1.62. The van der Waals surface area contributed by atoms with Crippen LogP contribution in [0.15, 0.2) is 61.1 Å². The number of hydrogen-bond donors (Lipinski definition) is 2. The van der Waals surface area contributed by atoms with Gasteiger partial charge in [0.05, 0.1) is 29.2 Å². The summed E-state index contributed by atoms with van der Waals surface area (Å²) in [6.07, 6.45) is 5.21. The van der Waals surface area contributed by atoms with E-state index in [1.165, 1.54) is 11.3 Å². The van der Waals surface area contributed by atoms with Crippen molar-refractivity contribution in [2.75, 3.05) is 7.11 Å². The fourth-order valence-corrected chi connectivity index (χ4v) is 4.90. The van der Waals surface area contributed by atoms with Crippen LogP contribution in [0.1, 0.15) is 16.6 Å². The van der Waals surface area contributed by atoms with Crippen LogP contribution in [0, 0.1) is 0 Å². The maximum absolute atomic E-state index is 11.8. The van der Waals surface area contributed by atoms with E-state index in [1.54, 1.807) is 32.6 Å². The average molecular weight is 467 g/mol. The minimum absolute atomic E-state index is 0.0527. The molecule has 0 aliphatic rings. The number of nitrogens with zero attached hydrogens (tertiary/aromatic N) is 4. The number of nitrogens with one attached hydrogen (secondary N) is 2. The van der Waals surface area contributed by atoms with Crippen molar-refractivity contribution in [3.05, 3.63) is 65.9 Å². The molecule has 6 aromatic rings. The van der Waals surface area contributed by atoms with Crippen LogP contribution < -0.4 is 4.74 Å². The highest BCUT2D eigenvalue weighted by molar-refractivity contribution is 7.17. The Bertz CT molecular complexity index is 1700. The Morgan fingerprint density at radius 2 is 1.97 bits per heavy atom.